The van der Waals surface area contributed by atoms with Crippen LogP contribution in [0.5, 0.6) is 5.75 Å². The van der Waals surface area contributed by atoms with Gasteiger partial charge in [-0.1, -0.05) is 6.07 Å². The number of nitrogen functional groups attached to an aromatic ring is 1. The van der Waals surface area contributed by atoms with Gasteiger partial charge in [0.2, 0.25) is 0 Å². The number of rotatable bonds is 2. The molecule has 4 N–H and O–H groups in total. The molecule has 0 spiro atoms. The maximum atomic E-state index is 12.6. The number of hydrogen-bond acceptors (Lipinski definition) is 3. The highest BCUT2D eigenvalue weighted by atomic mass is 16.3. The number of fused-ring (bicyclic) bond motifs is 1. The lowest BCUT2D eigenvalue weighted by Crippen LogP contribution is -2.25. The van der Waals surface area contributed by atoms with Crippen LogP contribution in [0.15, 0.2) is 48.7 Å². The number of carbonyl (C=O) groups excluding carboxylic acids is 1. The molecule has 0 atom stereocenters. The molecule has 5 heteroatoms. The molecule has 1 amide bonds. The van der Waals surface area contributed by atoms with Gasteiger partial charge in [-0.25, -0.2) is 0 Å². The van der Waals surface area contributed by atoms with Gasteiger partial charge in [0, 0.05) is 41.6 Å². The maximum Gasteiger partial charge on any atom is 0.260 e. The van der Waals surface area contributed by atoms with Gasteiger partial charge in [0.1, 0.15) is 5.75 Å². The van der Waals surface area contributed by atoms with Crippen LogP contribution in [0, 0.1) is 0 Å². The summed E-state index contributed by atoms with van der Waals surface area (Å²) >= 11 is 0. The first-order valence-electron chi connectivity index (χ1n) is 6.50. The number of benzene rings is 2. The Kier molecular flexibility index (Phi) is 3.02. The highest BCUT2D eigenvalue weighted by Crippen LogP contribution is 2.25. The summed E-state index contributed by atoms with van der Waals surface area (Å²) in [5.41, 5.74) is 8.42. The predicted octanol–water partition coefficient (Wildman–Crippen LogP) is 2.73. The Morgan fingerprint density at radius 2 is 2.05 bits per heavy atom. The minimum atomic E-state index is -0.169. The predicted molar refractivity (Wildman–Crippen MR) is 83.6 cm³/mol. The van der Waals surface area contributed by atoms with Crippen LogP contribution >= 0.6 is 0 Å². The number of phenols is 1. The highest BCUT2D eigenvalue weighted by molar-refractivity contribution is 6.14. The van der Waals surface area contributed by atoms with Crippen molar-refractivity contribution in [2.45, 2.75) is 0 Å². The third-order valence-electron chi connectivity index (χ3n) is 3.46. The molecule has 0 aliphatic heterocycles. The second-order valence-electron chi connectivity index (χ2n) is 4.89. The first-order chi connectivity index (χ1) is 10.1. The van der Waals surface area contributed by atoms with Gasteiger partial charge >= 0.3 is 0 Å². The number of amides is 1. The van der Waals surface area contributed by atoms with Gasteiger partial charge < -0.3 is 20.7 Å². The van der Waals surface area contributed by atoms with E-state index in [1.54, 1.807) is 49.6 Å². The quantitative estimate of drug-likeness (QED) is 0.632. The van der Waals surface area contributed by atoms with Crippen molar-refractivity contribution < 1.29 is 9.90 Å². The fourth-order valence-electron chi connectivity index (χ4n) is 2.31. The normalized spacial score (nSPS) is 10.7. The Hall–Kier alpha value is -2.95. The molecule has 3 rings (SSSR count). The minimum Gasteiger partial charge on any atom is -0.508 e. The Balaban J connectivity index is 2.02. The van der Waals surface area contributed by atoms with Crippen molar-refractivity contribution in [1.82, 2.24) is 4.98 Å². The van der Waals surface area contributed by atoms with Crippen molar-refractivity contribution in [3.05, 3.63) is 54.2 Å². The molecule has 0 radical (unpaired) electrons. The molecule has 0 saturated carbocycles. The molecule has 0 fully saturated rings. The van der Waals surface area contributed by atoms with Crippen LogP contribution in [-0.2, 0) is 0 Å². The van der Waals surface area contributed by atoms with E-state index in [1.165, 1.54) is 4.90 Å². The van der Waals surface area contributed by atoms with Crippen LogP contribution in [0.1, 0.15) is 10.4 Å². The van der Waals surface area contributed by atoms with Gasteiger partial charge in [0.05, 0.1) is 5.56 Å². The number of aromatic nitrogens is 1. The first kappa shape index (κ1) is 13.1. The summed E-state index contributed by atoms with van der Waals surface area (Å²) in [4.78, 5) is 17.2. The van der Waals surface area contributed by atoms with Gasteiger partial charge in [-0.3, -0.25) is 4.79 Å². The zero-order chi connectivity index (χ0) is 15.0. The summed E-state index contributed by atoms with van der Waals surface area (Å²) in [5, 5.41) is 10.3. The number of hydrogen-bond donors (Lipinski definition) is 3. The molecule has 0 unspecified atom stereocenters. The number of nitrogens with one attached hydrogen (secondary N) is 1. The molecule has 106 valence electrons. The summed E-state index contributed by atoms with van der Waals surface area (Å²) in [5.74, 6) is -0.0484. The SMILES string of the molecule is CN(C(=O)c1c[nH]c2ccc(N)cc12)c1cccc(O)c1. The Bertz CT molecular complexity index is 823. The van der Waals surface area contributed by atoms with Crippen LogP contribution in [0.3, 0.4) is 0 Å². The van der Waals surface area contributed by atoms with Gasteiger partial charge in [0.15, 0.2) is 0 Å². The molecule has 21 heavy (non-hydrogen) atoms. The molecular formula is C16H15N3O2. The maximum absolute atomic E-state index is 12.6. The van der Waals surface area contributed by atoms with E-state index in [-0.39, 0.29) is 11.7 Å². The number of aromatic amines is 1. The van der Waals surface area contributed by atoms with Crippen molar-refractivity contribution in [1.29, 1.82) is 0 Å². The monoisotopic (exact) mass is 281 g/mol. The molecule has 1 aromatic heterocycles. The van der Waals surface area contributed by atoms with Crippen molar-refractivity contribution in [3.63, 3.8) is 0 Å². The summed E-state index contributed by atoms with van der Waals surface area (Å²) in [7, 11) is 1.67. The molecular weight excluding hydrogens is 266 g/mol. The second-order valence-corrected chi connectivity index (χ2v) is 4.89. The zero-order valence-corrected chi connectivity index (χ0v) is 11.5. The van der Waals surface area contributed by atoms with Crippen LogP contribution in [0.2, 0.25) is 0 Å². The first-order valence-corrected chi connectivity index (χ1v) is 6.50. The summed E-state index contributed by atoms with van der Waals surface area (Å²) < 4.78 is 0. The van der Waals surface area contributed by atoms with Crippen LogP contribution in [-0.4, -0.2) is 23.0 Å². The lowest BCUT2D eigenvalue weighted by Gasteiger charge is -2.17. The number of phenolic OH excluding ortho intramolecular Hbond substituents is 1. The fraction of sp³-hybridized carbons (Fsp3) is 0.0625. The number of H-pyrrole nitrogens is 1. The second kappa shape index (κ2) is 4.86. The topological polar surface area (TPSA) is 82.4 Å². The molecule has 0 aliphatic carbocycles. The molecule has 0 aliphatic rings. The van der Waals surface area contributed by atoms with E-state index >= 15 is 0 Å². The number of anilines is 2. The smallest absolute Gasteiger partial charge is 0.260 e. The van der Waals surface area contributed by atoms with E-state index in [2.05, 4.69) is 4.98 Å². The zero-order valence-electron chi connectivity index (χ0n) is 11.5. The van der Waals surface area contributed by atoms with Crippen molar-refractivity contribution >= 4 is 28.2 Å². The minimum absolute atomic E-state index is 0.121. The molecule has 5 nitrogen and oxygen atoms in total. The van der Waals surface area contributed by atoms with Crippen molar-refractivity contribution in [2.24, 2.45) is 0 Å². The third kappa shape index (κ3) is 2.29. The molecule has 3 aromatic rings. The number of nitrogens with two attached hydrogens (primary N) is 1. The van der Waals surface area contributed by atoms with E-state index in [0.29, 0.717) is 16.9 Å². The summed E-state index contributed by atoms with van der Waals surface area (Å²) in [6, 6.07) is 12.0. The van der Waals surface area contributed by atoms with Crippen LogP contribution in [0.25, 0.3) is 10.9 Å². The van der Waals surface area contributed by atoms with E-state index < -0.39 is 0 Å². The number of nitrogens with zero attached hydrogens (tertiary/aromatic N) is 1. The summed E-state index contributed by atoms with van der Waals surface area (Å²) in [6.07, 6.45) is 1.67. The number of aromatic hydroxyl groups is 1. The lowest BCUT2D eigenvalue weighted by molar-refractivity contribution is 0.0994. The summed E-state index contributed by atoms with van der Waals surface area (Å²) in [6.45, 7) is 0. The van der Waals surface area contributed by atoms with Crippen LogP contribution in [0.4, 0.5) is 11.4 Å². The van der Waals surface area contributed by atoms with Gasteiger partial charge in [-0.2, -0.15) is 0 Å². The van der Waals surface area contributed by atoms with E-state index in [9.17, 15) is 9.90 Å². The number of carbonyl (C=O) groups is 1. The van der Waals surface area contributed by atoms with Gasteiger partial charge in [0.25, 0.3) is 5.91 Å². The Morgan fingerprint density at radius 1 is 1.24 bits per heavy atom. The molecule has 0 saturated heterocycles. The highest BCUT2D eigenvalue weighted by Gasteiger charge is 2.17. The van der Waals surface area contributed by atoms with E-state index in [1.807, 2.05) is 6.07 Å². The van der Waals surface area contributed by atoms with Gasteiger partial charge in [-0.15, -0.1) is 0 Å². The van der Waals surface area contributed by atoms with E-state index in [4.69, 9.17) is 5.73 Å². The third-order valence-corrected chi connectivity index (χ3v) is 3.46. The largest absolute Gasteiger partial charge is 0.508 e. The standard InChI is InChI=1S/C16H15N3O2/c1-19(11-3-2-4-12(20)8-11)16(21)14-9-18-15-6-5-10(17)7-13(14)15/h2-9,18,20H,17H2,1H3. The van der Waals surface area contributed by atoms with Gasteiger partial charge in [-0.05, 0) is 30.3 Å². The average Bonchev–Trinajstić information content (AvgIpc) is 2.88. The molecule has 2 aromatic carbocycles. The van der Waals surface area contributed by atoms with Crippen molar-refractivity contribution in [3.8, 4) is 5.75 Å². The van der Waals surface area contributed by atoms with E-state index in [0.717, 1.165) is 10.9 Å². The lowest BCUT2D eigenvalue weighted by atomic mass is 10.1. The van der Waals surface area contributed by atoms with Crippen LogP contribution < -0.4 is 10.6 Å². The molecule has 0 bridgehead atoms. The van der Waals surface area contributed by atoms with Crippen molar-refractivity contribution in [2.75, 3.05) is 17.7 Å². The fourth-order valence-corrected chi connectivity index (χ4v) is 2.31. The Labute approximate surface area is 121 Å². The Morgan fingerprint density at radius 3 is 2.81 bits per heavy atom. The molecule has 1 heterocycles. The average molecular weight is 281 g/mol.